The summed E-state index contributed by atoms with van der Waals surface area (Å²) in [5.41, 5.74) is 33.3. The first-order chi connectivity index (χ1) is 56.1. The number of anilines is 18. The van der Waals surface area contributed by atoms with E-state index in [0.717, 1.165) is 180 Å². The molecule has 0 amide bonds. The maximum Gasteiger partial charge on any atom is 0.261 e. The van der Waals surface area contributed by atoms with Crippen LogP contribution in [0.25, 0.3) is 22.3 Å². The van der Waals surface area contributed by atoms with Crippen molar-refractivity contribution < 1.29 is 9.47 Å². The van der Waals surface area contributed by atoms with Crippen molar-refractivity contribution in [3.63, 3.8) is 0 Å². The highest BCUT2D eigenvalue weighted by Crippen LogP contribution is 2.55. The van der Waals surface area contributed by atoms with Gasteiger partial charge in [-0.05, 0) is 182 Å². The number of nitrogens with zero attached hydrogens (tertiary/aromatic N) is 6. The Hall–Kier alpha value is -14.7. The zero-order chi connectivity index (χ0) is 74.2. The normalized spacial score (nSPS) is 13.2. The van der Waals surface area contributed by atoms with E-state index in [1.165, 1.54) is 16.4 Å². The van der Waals surface area contributed by atoms with Crippen LogP contribution < -0.4 is 88.0 Å². The Balaban J connectivity index is 0.848. The Kier molecular flexibility index (Phi) is 14.8. The van der Waals surface area contributed by atoms with Gasteiger partial charge in [-0.3, -0.25) is 0 Å². The molecule has 526 valence electrons. The quantitative estimate of drug-likeness (QED) is 0.112. The Morgan fingerprint density at radius 2 is 0.566 bits per heavy atom. The summed E-state index contributed by atoms with van der Waals surface area (Å²) in [5.74, 6) is 3.09. The topological polar surface area (TPSA) is 37.9 Å². The first kappa shape index (κ1) is 64.3. The molecule has 6 aliphatic heterocycles. The van der Waals surface area contributed by atoms with Gasteiger partial charge in [-0.1, -0.05) is 267 Å². The van der Waals surface area contributed by atoms with Crippen molar-refractivity contribution in [2.45, 2.75) is 0 Å². The van der Waals surface area contributed by atoms with E-state index < -0.39 is 0 Å². The lowest BCUT2D eigenvalue weighted by Gasteiger charge is -2.47. The number of hydrogen-bond donors (Lipinski definition) is 0. The van der Waals surface area contributed by atoms with E-state index in [-0.39, 0.29) is 20.1 Å². The van der Waals surface area contributed by atoms with Gasteiger partial charge in [0.1, 0.15) is 23.0 Å². The van der Waals surface area contributed by atoms with Gasteiger partial charge >= 0.3 is 0 Å². The van der Waals surface area contributed by atoms with E-state index in [2.05, 4.69) is 436 Å². The number of ether oxygens (including phenoxy) is 2. The number of benzene rings is 17. The second kappa shape index (κ2) is 26.0. The van der Waals surface area contributed by atoms with Crippen molar-refractivity contribution in [3.05, 3.63) is 406 Å². The Morgan fingerprint density at radius 1 is 0.204 bits per heavy atom. The van der Waals surface area contributed by atoms with Gasteiger partial charge in [0.05, 0.1) is 17.1 Å². The molecule has 0 aromatic heterocycles. The molecule has 0 N–H and O–H groups in total. The fourth-order valence-corrected chi connectivity index (χ4v) is 19.1. The molecule has 6 heterocycles. The number of rotatable bonds is 12. The summed E-state index contributed by atoms with van der Waals surface area (Å²) in [6, 6.07) is 149. The van der Waals surface area contributed by atoms with Crippen LogP contribution in [0.1, 0.15) is 0 Å². The summed E-state index contributed by atoms with van der Waals surface area (Å²) in [4.78, 5) is 14.9. The molecule has 0 unspecified atom stereocenters. The lowest BCUT2D eigenvalue weighted by Crippen LogP contribution is -2.66. The Bertz CT molecular complexity index is 6480. The van der Waals surface area contributed by atoms with Crippen LogP contribution in [0.3, 0.4) is 0 Å². The highest BCUT2D eigenvalue weighted by molar-refractivity contribution is 7.04. The first-order valence-corrected chi connectivity index (χ1v) is 38.9. The monoisotopic (exact) mass is 1440 g/mol. The molecular formula is C102H67B3N6O2. The van der Waals surface area contributed by atoms with E-state index in [4.69, 9.17) is 9.47 Å². The van der Waals surface area contributed by atoms with Crippen LogP contribution in [0.2, 0.25) is 0 Å². The van der Waals surface area contributed by atoms with Crippen LogP contribution >= 0.6 is 0 Å². The average Bonchev–Trinajstić information content (AvgIpc) is 0.677. The summed E-state index contributed by atoms with van der Waals surface area (Å²) in [7, 11) is 0. The molecule has 113 heavy (non-hydrogen) atoms. The second-order valence-electron chi connectivity index (χ2n) is 29.7. The summed E-state index contributed by atoms with van der Waals surface area (Å²) in [6.07, 6.45) is 0. The minimum atomic E-state index is -0.359. The molecule has 6 aliphatic rings. The van der Waals surface area contributed by atoms with E-state index >= 15 is 0 Å². The molecule has 23 rings (SSSR count). The van der Waals surface area contributed by atoms with E-state index in [1.807, 2.05) is 0 Å². The van der Waals surface area contributed by atoms with Crippen molar-refractivity contribution in [1.82, 2.24) is 0 Å². The molecule has 0 saturated heterocycles. The lowest BCUT2D eigenvalue weighted by molar-refractivity contribution is 0.469. The van der Waals surface area contributed by atoms with Crippen molar-refractivity contribution in [1.29, 1.82) is 0 Å². The van der Waals surface area contributed by atoms with Gasteiger partial charge < -0.3 is 38.9 Å². The Morgan fingerprint density at radius 3 is 1.05 bits per heavy atom. The third-order valence-corrected chi connectivity index (χ3v) is 23.6. The SMILES string of the molecule is c1ccc(-c2cccc(-c3ccccc3)c2N2c3cc4c(cc3B3c5ccccc5Oc5c6c(cc2c53)Oc2cc(N(c3ccccc3)c3ccccc3)cc3c2B6c2ccccc2N3c2ccccc2)B2c3ccccc3N(c3ccccc3)c3cc(N(c5ccccc5)c5ccccc5)cc(c32)N4c2ccccc2)cc1. The van der Waals surface area contributed by atoms with Gasteiger partial charge in [0.15, 0.2) is 0 Å². The maximum atomic E-state index is 8.09. The van der Waals surface area contributed by atoms with Crippen LogP contribution in [0.4, 0.5) is 102 Å². The zero-order valence-electron chi connectivity index (χ0n) is 61.4. The molecule has 0 aliphatic carbocycles. The van der Waals surface area contributed by atoms with Crippen LogP contribution in [0.15, 0.2) is 406 Å². The molecule has 17 aromatic carbocycles. The molecule has 17 aromatic rings. The lowest BCUT2D eigenvalue weighted by atomic mass is 9.29. The summed E-state index contributed by atoms with van der Waals surface area (Å²) >= 11 is 0. The maximum absolute atomic E-state index is 8.09. The zero-order valence-corrected chi connectivity index (χ0v) is 61.4. The third kappa shape index (κ3) is 10.1. The average molecular weight is 1440 g/mol. The van der Waals surface area contributed by atoms with Crippen LogP contribution in [-0.2, 0) is 0 Å². The van der Waals surface area contributed by atoms with Gasteiger partial charge in [0.2, 0.25) is 0 Å². The number of hydrogen-bond acceptors (Lipinski definition) is 8. The smallest absolute Gasteiger partial charge is 0.261 e. The van der Waals surface area contributed by atoms with Crippen molar-refractivity contribution >= 4 is 172 Å². The summed E-state index contributed by atoms with van der Waals surface area (Å²) < 4.78 is 16.1. The van der Waals surface area contributed by atoms with Crippen LogP contribution in [0.5, 0.6) is 23.0 Å². The van der Waals surface area contributed by atoms with Crippen molar-refractivity contribution in [2.24, 2.45) is 0 Å². The van der Waals surface area contributed by atoms with Gasteiger partial charge in [-0.15, -0.1) is 0 Å². The summed E-state index contributed by atoms with van der Waals surface area (Å²) in [5, 5.41) is 0. The predicted octanol–water partition coefficient (Wildman–Crippen LogP) is 20.9. The highest BCUT2D eigenvalue weighted by Gasteiger charge is 2.53. The molecular weight excluding hydrogens is 1370 g/mol. The van der Waals surface area contributed by atoms with Crippen molar-refractivity contribution in [2.75, 3.05) is 29.4 Å². The Labute approximate surface area is 658 Å². The number of para-hydroxylation sites is 11. The van der Waals surface area contributed by atoms with Gasteiger partial charge in [-0.25, -0.2) is 0 Å². The number of fused-ring (bicyclic) bond motifs is 13. The standard InChI is InChI=1S/C102H67B3N6O2/c1-10-35-68(36-11-1)79-53-34-54-80(69-37-12-2-13-38-69)101(79)111-89-66-88-84(103-81-55-28-31-58-86(81)108(74-47-22-7-23-48-74)90-61-77(62-91(97(90)103)110(88)76-51-26-9-27-52-76)106(70-39-14-3-15-40-70)71-41-16-4-17-42-71)65-85(89)104-83-57-30-33-60-94(83)113-102-99(104)93(111)67-96-100(102)105-82-56-29-32-59-87(82)109(75-49-24-8-25-50-75)92-63-78(64-95(112-96)98(92)105)107(72-43-18-5-19-44-72)73-45-20-6-21-46-73/h1-67H. The molecule has 0 bridgehead atoms. The highest BCUT2D eigenvalue weighted by atomic mass is 16.5. The van der Waals surface area contributed by atoms with E-state index in [0.29, 0.717) is 0 Å². The summed E-state index contributed by atoms with van der Waals surface area (Å²) in [6.45, 7) is -0.972. The van der Waals surface area contributed by atoms with E-state index in [9.17, 15) is 0 Å². The van der Waals surface area contributed by atoms with Crippen LogP contribution in [-0.4, -0.2) is 20.1 Å². The molecule has 0 saturated carbocycles. The molecule has 11 heteroatoms. The minimum Gasteiger partial charge on any atom is -0.459 e. The fraction of sp³-hybridized carbons (Fsp3) is 0. The largest absolute Gasteiger partial charge is 0.459 e. The molecule has 8 nitrogen and oxygen atoms in total. The van der Waals surface area contributed by atoms with Crippen molar-refractivity contribution in [3.8, 4) is 45.3 Å². The molecule has 0 fully saturated rings. The van der Waals surface area contributed by atoms with E-state index in [1.54, 1.807) is 0 Å². The molecule has 0 radical (unpaired) electrons. The van der Waals surface area contributed by atoms with Gasteiger partial charge in [0.25, 0.3) is 20.1 Å². The molecule has 0 atom stereocenters. The third-order valence-electron chi connectivity index (χ3n) is 23.6. The second-order valence-corrected chi connectivity index (χ2v) is 29.7. The minimum absolute atomic E-state index is 0.254. The van der Waals surface area contributed by atoms with Crippen LogP contribution in [0, 0.1) is 0 Å². The van der Waals surface area contributed by atoms with Gasteiger partial charge in [0, 0.05) is 114 Å². The molecule has 0 spiro atoms. The predicted molar refractivity (Wildman–Crippen MR) is 472 cm³/mol. The first-order valence-electron chi connectivity index (χ1n) is 38.9. The fourth-order valence-electron chi connectivity index (χ4n) is 19.1. The van der Waals surface area contributed by atoms with Gasteiger partial charge in [-0.2, -0.15) is 0 Å².